The van der Waals surface area contributed by atoms with Gasteiger partial charge in [0.1, 0.15) is 0 Å². The molecule has 23 heavy (non-hydrogen) atoms. The van der Waals surface area contributed by atoms with Crippen LogP contribution >= 0.6 is 23.2 Å². The van der Waals surface area contributed by atoms with E-state index in [4.69, 9.17) is 23.2 Å². The van der Waals surface area contributed by atoms with E-state index < -0.39 is 0 Å². The van der Waals surface area contributed by atoms with Crippen molar-refractivity contribution in [2.75, 3.05) is 19.6 Å². The van der Waals surface area contributed by atoms with Gasteiger partial charge >= 0.3 is 0 Å². The molecule has 3 rings (SSSR count). The maximum atomic E-state index is 13.0. The number of carbonyl (C=O) groups is 1. The molecule has 0 bridgehead atoms. The molecule has 0 radical (unpaired) electrons. The molecule has 2 unspecified atom stereocenters. The Kier molecular flexibility index (Phi) is 5.50. The summed E-state index contributed by atoms with van der Waals surface area (Å²) in [6.45, 7) is 5.01. The SMILES string of the molecule is CCCN(C(=O)C1CC1c1cccc(Cl)c1Cl)C1CCNCC1. The van der Waals surface area contributed by atoms with Gasteiger partial charge in [0.15, 0.2) is 0 Å². The molecule has 1 saturated heterocycles. The van der Waals surface area contributed by atoms with Crippen molar-refractivity contribution < 1.29 is 4.79 Å². The van der Waals surface area contributed by atoms with Crippen molar-refractivity contribution in [3.05, 3.63) is 33.8 Å². The van der Waals surface area contributed by atoms with Gasteiger partial charge in [0, 0.05) is 18.5 Å². The number of rotatable bonds is 5. The van der Waals surface area contributed by atoms with Crippen LogP contribution in [-0.4, -0.2) is 36.5 Å². The van der Waals surface area contributed by atoms with Crippen LogP contribution in [-0.2, 0) is 4.79 Å². The summed E-state index contributed by atoms with van der Waals surface area (Å²) in [6, 6.07) is 6.10. The monoisotopic (exact) mass is 354 g/mol. The maximum Gasteiger partial charge on any atom is 0.226 e. The Labute approximate surface area is 148 Å². The van der Waals surface area contributed by atoms with Crippen LogP contribution in [0.25, 0.3) is 0 Å². The van der Waals surface area contributed by atoms with Crippen LogP contribution in [0.5, 0.6) is 0 Å². The van der Waals surface area contributed by atoms with Crippen LogP contribution in [0.2, 0.25) is 10.0 Å². The molecule has 0 aromatic heterocycles. The molecule has 3 nitrogen and oxygen atoms in total. The zero-order chi connectivity index (χ0) is 16.4. The predicted molar refractivity (Wildman–Crippen MR) is 95.2 cm³/mol. The zero-order valence-corrected chi connectivity index (χ0v) is 15.0. The summed E-state index contributed by atoms with van der Waals surface area (Å²) in [7, 11) is 0. The Morgan fingerprint density at radius 2 is 2.04 bits per heavy atom. The molecule has 1 aliphatic carbocycles. The minimum atomic E-state index is 0.0763. The third kappa shape index (κ3) is 3.67. The summed E-state index contributed by atoms with van der Waals surface area (Å²) in [5.74, 6) is 0.613. The van der Waals surface area contributed by atoms with Gasteiger partial charge in [0.05, 0.1) is 10.0 Å². The van der Waals surface area contributed by atoms with Gasteiger partial charge in [0.25, 0.3) is 0 Å². The fourth-order valence-electron chi connectivity index (χ4n) is 3.66. The van der Waals surface area contributed by atoms with Crippen LogP contribution < -0.4 is 5.32 Å². The molecule has 0 spiro atoms. The normalized spacial score (nSPS) is 24.5. The highest BCUT2D eigenvalue weighted by molar-refractivity contribution is 6.42. The fourth-order valence-corrected chi connectivity index (χ4v) is 4.11. The van der Waals surface area contributed by atoms with Crippen molar-refractivity contribution in [2.45, 2.75) is 44.6 Å². The molecule has 1 aliphatic heterocycles. The molecule has 1 aromatic carbocycles. The summed E-state index contributed by atoms with van der Waals surface area (Å²) >= 11 is 12.4. The van der Waals surface area contributed by atoms with Crippen LogP contribution in [0.1, 0.15) is 44.1 Å². The second-order valence-corrected chi connectivity index (χ2v) is 7.39. The van der Waals surface area contributed by atoms with Crippen LogP contribution in [0.15, 0.2) is 18.2 Å². The summed E-state index contributed by atoms with van der Waals surface area (Å²) in [5.41, 5.74) is 1.03. The van der Waals surface area contributed by atoms with Crippen molar-refractivity contribution in [3.63, 3.8) is 0 Å². The number of nitrogens with one attached hydrogen (secondary N) is 1. The van der Waals surface area contributed by atoms with Gasteiger partial charge in [-0.3, -0.25) is 4.79 Å². The fraction of sp³-hybridized carbons (Fsp3) is 0.611. The number of hydrogen-bond donors (Lipinski definition) is 1. The van der Waals surface area contributed by atoms with Crippen LogP contribution in [0.3, 0.4) is 0 Å². The Morgan fingerprint density at radius 1 is 1.30 bits per heavy atom. The third-order valence-corrected chi connectivity index (χ3v) is 5.82. The lowest BCUT2D eigenvalue weighted by molar-refractivity contribution is -0.135. The van der Waals surface area contributed by atoms with Gasteiger partial charge in [-0.1, -0.05) is 42.3 Å². The highest BCUT2D eigenvalue weighted by atomic mass is 35.5. The molecule has 2 atom stereocenters. The molecular formula is C18H24Cl2N2O. The van der Waals surface area contributed by atoms with Gasteiger partial charge in [-0.15, -0.1) is 0 Å². The first-order valence-electron chi connectivity index (χ1n) is 8.58. The first-order valence-corrected chi connectivity index (χ1v) is 9.34. The van der Waals surface area contributed by atoms with E-state index in [1.165, 1.54) is 0 Å². The van der Waals surface area contributed by atoms with Gasteiger partial charge in [-0.05, 0) is 56.3 Å². The number of halogens is 2. The second kappa shape index (κ2) is 7.42. The smallest absolute Gasteiger partial charge is 0.226 e. The first kappa shape index (κ1) is 17.1. The molecular weight excluding hydrogens is 331 g/mol. The van der Waals surface area contributed by atoms with Crippen LogP contribution in [0, 0.1) is 5.92 Å². The minimum absolute atomic E-state index is 0.0763. The number of piperidine rings is 1. The molecule has 1 amide bonds. The number of carbonyl (C=O) groups excluding carboxylic acids is 1. The molecule has 2 aliphatic rings. The van der Waals surface area contributed by atoms with E-state index >= 15 is 0 Å². The average molecular weight is 355 g/mol. The summed E-state index contributed by atoms with van der Waals surface area (Å²) < 4.78 is 0. The number of amides is 1. The summed E-state index contributed by atoms with van der Waals surface area (Å²) in [4.78, 5) is 15.1. The highest BCUT2D eigenvalue weighted by Crippen LogP contribution is 2.51. The molecule has 5 heteroatoms. The molecule has 126 valence electrons. The first-order chi connectivity index (χ1) is 11.1. The largest absolute Gasteiger partial charge is 0.339 e. The highest BCUT2D eigenvalue weighted by Gasteiger charge is 2.47. The molecule has 2 fully saturated rings. The lowest BCUT2D eigenvalue weighted by atomic mass is 10.0. The van der Waals surface area contributed by atoms with E-state index in [9.17, 15) is 4.79 Å². The van der Waals surface area contributed by atoms with E-state index in [0.717, 1.165) is 50.9 Å². The average Bonchev–Trinajstić information content (AvgIpc) is 3.36. The van der Waals surface area contributed by atoms with Crippen LogP contribution in [0.4, 0.5) is 0 Å². The molecule has 1 N–H and O–H groups in total. The molecule has 1 heterocycles. The third-order valence-electron chi connectivity index (χ3n) is 4.99. The van der Waals surface area contributed by atoms with E-state index in [1.54, 1.807) is 6.07 Å². The summed E-state index contributed by atoms with van der Waals surface area (Å²) in [6.07, 6.45) is 4.01. The lowest BCUT2D eigenvalue weighted by Crippen LogP contribution is -2.47. The van der Waals surface area contributed by atoms with Gasteiger partial charge < -0.3 is 10.2 Å². The number of hydrogen-bond acceptors (Lipinski definition) is 2. The van der Waals surface area contributed by atoms with Crippen molar-refractivity contribution in [2.24, 2.45) is 5.92 Å². The number of benzene rings is 1. The Hall–Kier alpha value is -0.770. The Morgan fingerprint density at radius 3 is 2.74 bits per heavy atom. The topological polar surface area (TPSA) is 32.3 Å². The molecule has 1 saturated carbocycles. The number of nitrogens with zero attached hydrogens (tertiary/aromatic N) is 1. The minimum Gasteiger partial charge on any atom is -0.339 e. The van der Waals surface area contributed by atoms with Gasteiger partial charge in [-0.2, -0.15) is 0 Å². The molecule has 1 aromatic rings. The van der Waals surface area contributed by atoms with Crippen molar-refractivity contribution in [1.29, 1.82) is 0 Å². The van der Waals surface area contributed by atoms with E-state index in [2.05, 4.69) is 17.1 Å². The quantitative estimate of drug-likeness (QED) is 0.863. The van der Waals surface area contributed by atoms with Gasteiger partial charge in [-0.25, -0.2) is 0 Å². The zero-order valence-electron chi connectivity index (χ0n) is 13.5. The predicted octanol–water partition coefficient (Wildman–Crippen LogP) is 4.09. The Bertz CT molecular complexity index is 572. The van der Waals surface area contributed by atoms with E-state index in [1.807, 2.05) is 12.1 Å². The lowest BCUT2D eigenvalue weighted by Gasteiger charge is -2.35. The van der Waals surface area contributed by atoms with E-state index in [-0.39, 0.29) is 11.8 Å². The standard InChI is InChI=1S/C18H24Cl2N2O/c1-2-10-22(12-6-8-21-9-7-12)18(23)15-11-14(15)13-4-3-5-16(19)17(13)20/h3-5,12,14-15,21H,2,6-11H2,1H3. The Balaban J connectivity index is 1.71. The van der Waals surface area contributed by atoms with Crippen molar-refractivity contribution in [1.82, 2.24) is 10.2 Å². The van der Waals surface area contributed by atoms with E-state index in [0.29, 0.717) is 22.0 Å². The van der Waals surface area contributed by atoms with Gasteiger partial charge in [0.2, 0.25) is 5.91 Å². The summed E-state index contributed by atoms with van der Waals surface area (Å²) in [5, 5.41) is 4.56. The maximum absolute atomic E-state index is 13.0. The van der Waals surface area contributed by atoms with Crippen molar-refractivity contribution in [3.8, 4) is 0 Å². The van der Waals surface area contributed by atoms with Crippen molar-refractivity contribution >= 4 is 29.1 Å². The second-order valence-electron chi connectivity index (χ2n) is 6.60.